The quantitative estimate of drug-likeness (QED) is 0.732. The van der Waals surface area contributed by atoms with Crippen molar-refractivity contribution in [3.05, 3.63) is 0 Å². The first-order chi connectivity index (χ1) is 7.26. The van der Waals surface area contributed by atoms with E-state index < -0.39 is 0 Å². The van der Waals surface area contributed by atoms with E-state index in [-0.39, 0.29) is 5.60 Å². The molecule has 0 aliphatic carbocycles. The van der Waals surface area contributed by atoms with Crippen LogP contribution >= 0.6 is 0 Å². The number of hydrogen-bond acceptors (Lipinski definition) is 2. The summed E-state index contributed by atoms with van der Waals surface area (Å²) in [7, 11) is 0. The Labute approximate surface area is 94.8 Å². The first-order valence-corrected chi connectivity index (χ1v) is 6.63. The smallest absolute Gasteiger partial charge is 0.0694 e. The molecule has 0 aromatic heterocycles. The van der Waals surface area contributed by atoms with Crippen molar-refractivity contribution in [1.82, 2.24) is 5.32 Å². The average Bonchev–Trinajstić information content (AvgIpc) is 2.27. The second-order valence-electron chi connectivity index (χ2n) is 4.78. The molecule has 1 saturated heterocycles. The molecule has 0 aromatic rings. The molecule has 1 fully saturated rings. The molecule has 90 valence electrons. The summed E-state index contributed by atoms with van der Waals surface area (Å²) >= 11 is 0. The lowest BCUT2D eigenvalue weighted by molar-refractivity contribution is -0.0960. The van der Waals surface area contributed by atoms with Crippen LogP contribution in [0.1, 0.15) is 59.3 Å². The van der Waals surface area contributed by atoms with E-state index >= 15 is 0 Å². The maximum absolute atomic E-state index is 6.03. The zero-order valence-electron chi connectivity index (χ0n) is 10.6. The average molecular weight is 213 g/mol. The highest BCUT2D eigenvalue weighted by molar-refractivity contribution is 4.88. The molecule has 0 amide bonds. The van der Waals surface area contributed by atoms with Gasteiger partial charge in [-0.15, -0.1) is 0 Å². The molecule has 2 nitrogen and oxygen atoms in total. The molecule has 1 rings (SSSR count). The van der Waals surface area contributed by atoms with Gasteiger partial charge in [-0.05, 0) is 38.6 Å². The first-order valence-electron chi connectivity index (χ1n) is 6.63. The van der Waals surface area contributed by atoms with Crippen LogP contribution in [0.2, 0.25) is 0 Å². The summed E-state index contributed by atoms with van der Waals surface area (Å²) in [6.07, 6.45) is 7.22. The van der Waals surface area contributed by atoms with Gasteiger partial charge < -0.3 is 10.1 Å². The van der Waals surface area contributed by atoms with Crippen molar-refractivity contribution < 1.29 is 4.74 Å². The van der Waals surface area contributed by atoms with Crippen LogP contribution in [0.15, 0.2) is 0 Å². The fourth-order valence-corrected chi connectivity index (χ4v) is 2.60. The van der Waals surface area contributed by atoms with Crippen LogP contribution in [0, 0.1) is 0 Å². The molecule has 0 saturated carbocycles. The van der Waals surface area contributed by atoms with Gasteiger partial charge in [0.2, 0.25) is 0 Å². The maximum Gasteiger partial charge on any atom is 0.0694 e. The lowest BCUT2D eigenvalue weighted by Gasteiger charge is -2.41. The van der Waals surface area contributed by atoms with Gasteiger partial charge in [0, 0.05) is 12.6 Å². The van der Waals surface area contributed by atoms with E-state index in [9.17, 15) is 0 Å². The third-order valence-corrected chi connectivity index (χ3v) is 3.53. The zero-order valence-corrected chi connectivity index (χ0v) is 10.6. The number of hydrogen-bond donors (Lipinski definition) is 1. The molecular formula is C13H27NO. The zero-order chi connectivity index (χ0) is 11.1. The van der Waals surface area contributed by atoms with Crippen LogP contribution in [-0.2, 0) is 4.74 Å². The van der Waals surface area contributed by atoms with E-state index in [0.717, 1.165) is 19.6 Å². The molecule has 1 aliphatic heterocycles. The molecule has 0 spiro atoms. The fourth-order valence-electron chi connectivity index (χ4n) is 2.60. The van der Waals surface area contributed by atoms with Gasteiger partial charge in [0.25, 0.3) is 0 Å². The largest absolute Gasteiger partial charge is 0.375 e. The van der Waals surface area contributed by atoms with Gasteiger partial charge in [0.1, 0.15) is 0 Å². The van der Waals surface area contributed by atoms with Crippen LogP contribution in [0.3, 0.4) is 0 Å². The Morgan fingerprint density at radius 1 is 1.27 bits per heavy atom. The Morgan fingerprint density at radius 3 is 2.67 bits per heavy atom. The van der Waals surface area contributed by atoms with Gasteiger partial charge in [0.15, 0.2) is 0 Å². The molecule has 1 heterocycles. The second kappa shape index (κ2) is 6.49. The fraction of sp³-hybridized carbons (Fsp3) is 1.00. The molecule has 15 heavy (non-hydrogen) atoms. The SMILES string of the molecule is CCCNC1CCOC(CC)(CCC)C1. The number of ether oxygens (including phenoxy) is 1. The summed E-state index contributed by atoms with van der Waals surface area (Å²) in [6.45, 7) is 8.83. The van der Waals surface area contributed by atoms with E-state index in [1.165, 1.54) is 32.1 Å². The molecule has 0 bridgehead atoms. The van der Waals surface area contributed by atoms with Crippen LogP contribution in [0.25, 0.3) is 0 Å². The summed E-state index contributed by atoms with van der Waals surface area (Å²) in [6, 6.07) is 0.685. The molecule has 0 aromatic carbocycles. The van der Waals surface area contributed by atoms with E-state index in [0.29, 0.717) is 6.04 Å². The minimum absolute atomic E-state index is 0.179. The van der Waals surface area contributed by atoms with Crippen molar-refractivity contribution >= 4 is 0 Å². The summed E-state index contributed by atoms with van der Waals surface area (Å²) < 4.78 is 6.03. The maximum atomic E-state index is 6.03. The number of nitrogens with one attached hydrogen (secondary N) is 1. The third-order valence-electron chi connectivity index (χ3n) is 3.53. The Hall–Kier alpha value is -0.0800. The molecule has 2 unspecified atom stereocenters. The van der Waals surface area contributed by atoms with Gasteiger partial charge in [-0.2, -0.15) is 0 Å². The molecule has 2 heteroatoms. The van der Waals surface area contributed by atoms with Gasteiger partial charge in [0.05, 0.1) is 5.60 Å². The van der Waals surface area contributed by atoms with Gasteiger partial charge in [-0.1, -0.05) is 27.2 Å². The second-order valence-corrected chi connectivity index (χ2v) is 4.78. The summed E-state index contributed by atoms with van der Waals surface area (Å²) in [5.41, 5.74) is 0.179. The Balaban J connectivity index is 2.44. The third kappa shape index (κ3) is 3.76. The summed E-state index contributed by atoms with van der Waals surface area (Å²) in [4.78, 5) is 0. The Bertz CT molecular complexity index is 168. The van der Waals surface area contributed by atoms with Crippen molar-refractivity contribution in [3.8, 4) is 0 Å². The molecule has 0 radical (unpaired) electrons. The van der Waals surface area contributed by atoms with Crippen molar-refractivity contribution in [2.45, 2.75) is 70.9 Å². The van der Waals surface area contributed by atoms with Crippen molar-refractivity contribution in [2.75, 3.05) is 13.2 Å². The Kier molecular flexibility index (Phi) is 5.62. The topological polar surface area (TPSA) is 21.3 Å². The van der Waals surface area contributed by atoms with Crippen LogP contribution < -0.4 is 5.32 Å². The highest BCUT2D eigenvalue weighted by Gasteiger charge is 2.34. The standard InChI is InChI=1S/C13H27NO/c1-4-8-13(6-3)11-12(7-10-15-13)14-9-5-2/h12,14H,4-11H2,1-3H3. The Morgan fingerprint density at radius 2 is 2.07 bits per heavy atom. The molecule has 1 N–H and O–H groups in total. The van der Waals surface area contributed by atoms with Crippen molar-refractivity contribution in [1.29, 1.82) is 0 Å². The predicted octanol–water partition coefficient (Wildman–Crippen LogP) is 3.11. The predicted molar refractivity (Wildman–Crippen MR) is 65.2 cm³/mol. The minimum atomic E-state index is 0.179. The van der Waals surface area contributed by atoms with E-state index in [1.807, 2.05) is 0 Å². The van der Waals surface area contributed by atoms with Crippen LogP contribution in [-0.4, -0.2) is 24.8 Å². The summed E-state index contributed by atoms with van der Waals surface area (Å²) in [5, 5.41) is 3.64. The van der Waals surface area contributed by atoms with Gasteiger partial charge in [-0.3, -0.25) is 0 Å². The lowest BCUT2D eigenvalue weighted by Crippen LogP contribution is -2.46. The highest BCUT2D eigenvalue weighted by atomic mass is 16.5. The molecule has 2 atom stereocenters. The molecular weight excluding hydrogens is 186 g/mol. The van der Waals surface area contributed by atoms with Crippen molar-refractivity contribution in [3.63, 3.8) is 0 Å². The van der Waals surface area contributed by atoms with Crippen LogP contribution in [0.5, 0.6) is 0 Å². The van der Waals surface area contributed by atoms with Crippen molar-refractivity contribution in [2.24, 2.45) is 0 Å². The van der Waals surface area contributed by atoms with Gasteiger partial charge in [-0.25, -0.2) is 0 Å². The lowest BCUT2D eigenvalue weighted by atomic mass is 9.84. The minimum Gasteiger partial charge on any atom is -0.375 e. The highest BCUT2D eigenvalue weighted by Crippen LogP contribution is 2.32. The summed E-state index contributed by atoms with van der Waals surface area (Å²) in [5.74, 6) is 0. The number of rotatable bonds is 6. The molecule has 1 aliphatic rings. The normalized spacial score (nSPS) is 31.8. The van der Waals surface area contributed by atoms with E-state index in [4.69, 9.17) is 4.74 Å². The first kappa shape index (κ1) is 13.0. The van der Waals surface area contributed by atoms with E-state index in [2.05, 4.69) is 26.1 Å². The van der Waals surface area contributed by atoms with Gasteiger partial charge >= 0.3 is 0 Å². The van der Waals surface area contributed by atoms with E-state index in [1.54, 1.807) is 0 Å². The monoisotopic (exact) mass is 213 g/mol. The van der Waals surface area contributed by atoms with Crippen LogP contribution in [0.4, 0.5) is 0 Å².